The molecule has 0 radical (unpaired) electrons. The van der Waals surface area contributed by atoms with Crippen molar-refractivity contribution in [2.75, 3.05) is 6.61 Å². The fourth-order valence-electron chi connectivity index (χ4n) is 1.60. The molecular weight excluding hydrogens is 324 g/mol. The molecule has 0 saturated heterocycles. The fraction of sp³-hybridized carbons (Fsp3) is 0.143. The zero-order valence-corrected chi connectivity index (χ0v) is 12.9. The molecule has 9 heteroatoms. The number of carbonyl (C=O) groups excluding carboxylic acids is 1. The number of nitrogens with one attached hydrogen (secondary N) is 1. The standard InChI is InChI=1S/C14H14N2O6S/c1-10-4-2-3-5-12(10)21-9-13(17)16-15-8-11-6-7-14(22-11)23(18,19)20/h2-8H,9H2,1H3,(H,16,17)(H,18,19,20). The van der Waals surface area contributed by atoms with Crippen LogP contribution in [-0.2, 0) is 14.9 Å². The monoisotopic (exact) mass is 338 g/mol. The summed E-state index contributed by atoms with van der Waals surface area (Å²) in [6, 6.07) is 9.60. The van der Waals surface area contributed by atoms with Gasteiger partial charge in [0.15, 0.2) is 6.61 Å². The predicted molar refractivity (Wildman–Crippen MR) is 80.9 cm³/mol. The number of hydrogen-bond donors (Lipinski definition) is 2. The van der Waals surface area contributed by atoms with Crippen LogP contribution < -0.4 is 10.2 Å². The van der Waals surface area contributed by atoms with Gasteiger partial charge in [0.2, 0.25) is 5.09 Å². The summed E-state index contributed by atoms with van der Waals surface area (Å²) in [6.45, 7) is 1.63. The normalized spacial score (nSPS) is 11.6. The minimum absolute atomic E-state index is 0.0535. The van der Waals surface area contributed by atoms with Crippen LogP contribution in [0.4, 0.5) is 0 Å². The Balaban J connectivity index is 1.84. The van der Waals surface area contributed by atoms with E-state index in [0.29, 0.717) is 5.75 Å². The molecule has 0 aliphatic rings. The number of nitrogens with zero attached hydrogens (tertiary/aromatic N) is 1. The second-order valence-corrected chi connectivity index (χ2v) is 5.83. The molecule has 0 aliphatic heterocycles. The van der Waals surface area contributed by atoms with Crippen molar-refractivity contribution in [3.63, 3.8) is 0 Å². The Morgan fingerprint density at radius 2 is 2.09 bits per heavy atom. The molecule has 2 rings (SSSR count). The maximum absolute atomic E-state index is 11.6. The van der Waals surface area contributed by atoms with Gasteiger partial charge in [-0.1, -0.05) is 18.2 Å². The van der Waals surface area contributed by atoms with Gasteiger partial charge in [-0.25, -0.2) is 5.43 Å². The summed E-state index contributed by atoms with van der Waals surface area (Å²) in [5.74, 6) is 0.152. The van der Waals surface area contributed by atoms with Gasteiger partial charge in [0.1, 0.15) is 11.5 Å². The third kappa shape index (κ3) is 4.94. The van der Waals surface area contributed by atoms with Crippen molar-refractivity contribution in [2.45, 2.75) is 12.0 Å². The highest BCUT2D eigenvalue weighted by Gasteiger charge is 2.14. The van der Waals surface area contributed by atoms with Crippen LogP contribution in [0.5, 0.6) is 5.75 Å². The molecule has 1 heterocycles. The molecule has 122 valence electrons. The number of hydrazone groups is 1. The van der Waals surface area contributed by atoms with Crippen LogP contribution in [0.25, 0.3) is 0 Å². The molecule has 2 aromatic rings. The second kappa shape index (κ2) is 7.07. The van der Waals surface area contributed by atoms with E-state index in [2.05, 4.69) is 10.5 Å². The summed E-state index contributed by atoms with van der Waals surface area (Å²) in [6.07, 6.45) is 1.10. The van der Waals surface area contributed by atoms with Crippen LogP contribution >= 0.6 is 0 Å². The lowest BCUT2D eigenvalue weighted by Gasteiger charge is -2.07. The van der Waals surface area contributed by atoms with Gasteiger partial charge in [0, 0.05) is 0 Å². The molecule has 23 heavy (non-hydrogen) atoms. The molecular formula is C14H14N2O6S. The number of para-hydroxylation sites is 1. The van der Waals surface area contributed by atoms with E-state index in [4.69, 9.17) is 13.7 Å². The largest absolute Gasteiger partial charge is 0.483 e. The van der Waals surface area contributed by atoms with Crippen LogP contribution in [-0.4, -0.2) is 31.7 Å². The summed E-state index contributed by atoms with van der Waals surface area (Å²) in [5, 5.41) is 2.99. The molecule has 1 amide bonds. The first-order chi connectivity index (χ1) is 10.9. The van der Waals surface area contributed by atoms with Gasteiger partial charge in [-0.15, -0.1) is 0 Å². The predicted octanol–water partition coefficient (Wildman–Crippen LogP) is 1.36. The van der Waals surface area contributed by atoms with Gasteiger partial charge in [0.05, 0.1) is 6.21 Å². The van der Waals surface area contributed by atoms with Gasteiger partial charge in [-0.05, 0) is 30.7 Å². The first-order valence-electron chi connectivity index (χ1n) is 6.44. The first kappa shape index (κ1) is 16.7. The molecule has 1 aromatic carbocycles. The average Bonchev–Trinajstić information content (AvgIpc) is 2.95. The summed E-state index contributed by atoms with van der Waals surface area (Å²) >= 11 is 0. The Kier molecular flexibility index (Phi) is 5.14. The average molecular weight is 338 g/mol. The minimum atomic E-state index is -4.40. The minimum Gasteiger partial charge on any atom is -0.483 e. The second-order valence-electron chi connectivity index (χ2n) is 4.48. The van der Waals surface area contributed by atoms with E-state index in [1.807, 2.05) is 19.1 Å². The van der Waals surface area contributed by atoms with E-state index in [9.17, 15) is 13.2 Å². The number of amides is 1. The van der Waals surface area contributed by atoms with E-state index in [-0.39, 0.29) is 12.4 Å². The lowest BCUT2D eigenvalue weighted by Crippen LogP contribution is -2.24. The highest BCUT2D eigenvalue weighted by molar-refractivity contribution is 7.85. The molecule has 2 N–H and O–H groups in total. The lowest BCUT2D eigenvalue weighted by molar-refractivity contribution is -0.123. The highest BCUT2D eigenvalue weighted by atomic mass is 32.2. The Hall–Kier alpha value is -2.65. The number of furan rings is 1. The SMILES string of the molecule is Cc1ccccc1OCC(=O)NN=Cc1ccc(S(=O)(=O)O)o1. The zero-order valence-electron chi connectivity index (χ0n) is 12.1. The van der Waals surface area contributed by atoms with Crippen molar-refractivity contribution >= 4 is 22.2 Å². The number of benzene rings is 1. The Morgan fingerprint density at radius 1 is 1.35 bits per heavy atom. The molecule has 0 unspecified atom stereocenters. The van der Waals surface area contributed by atoms with Crippen LogP contribution in [0.15, 0.2) is 51.0 Å². The number of aryl methyl sites for hydroxylation is 1. The van der Waals surface area contributed by atoms with Gasteiger partial charge in [-0.3, -0.25) is 9.35 Å². The molecule has 0 bridgehead atoms. The van der Waals surface area contributed by atoms with E-state index in [1.54, 1.807) is 12.1 Å². The first-order valence-corrected chi connectivity index (χ1v) is 7.88. The molecule has 8 nitrogen and oxygen atoms in total. The zero-order chi connectivity index (χ0) is 16.9. The molecule has 0 spiro atoms. The van der Waals surface area contributed by atoms with Crippen molar-refractivity contribution in [2.24, 2.45) is 5.10 Å². The summed E-state index contributed by atoms with van der Waals surface area (Å²) in [5.41, 5.74) is 3.10. The van der Waals surface area contributed by atoms with Crippen molar-refractivity contribution < 1.29 is 26.9 Å². The number of rotatable bonds is 6. The Morgan fingerprint density at radius 3 is 2.74 bits per heavy atom. The van der Waals surface area contributed by atoms with Gasteiger partial charge >= 0.3 is 10.1 Å². The van der Waals surface area contributed by atoms with Gasteiger partial charge in [0.25, 0.3) is 5.91 Å². The molecule has 0 saturated carbocycles. The van der Waals surface area contributed by atoms with E-state index < -0.39 is 21.1 Å². The smallest absolute Gasteiger partial charge is 0.328 e. The summed E-state index contributed by atoms with van der Waals surface area (Å²) in [4.78, 5) is 11.6. The van der Waals surface area contributed by atoms with Crippen molar-refractivity contribution in [1.82, 2.24) is 5.43 Å². The molecule has 0 fully saturated rings. The maximum atomic E-state index is 11.6. The van der Waals surface area contributed by atoms with Crippen LogP contribution in [0.1, 0.15) is 11.3 Å². The summed E-state index contributed by atoms with van der Waals surface area (Å²) in [7, 11) is -4.40. The summed E-state index contributed by atoms with van der Waals surface area (Å²) < 4.78 is 40.5. The highest BCUT2D eigenvalue weighted by Crippen LogP contribution is 2.15. The third-order valence-corrected chi connectivity index (χ3v) is 3.42. The van der Waals surface area contributed by atoms with Crippen LogP contribution in [0, 0.1) is 6.92 Å². The Bertz CT molecular complexity index is 825. The topological polar surface area (TPSA) is 118 Å². The molecule has 0 aliphatic carbocycles. The molecule has 0 atom stereocenters. The van der Waals surface area contributed by atoms with E-state index >= 15 is 0 Å². The maximum Gasteiger partial charge on any atom is 0.328 e. The number of hydrogen-bond acceptors (Lipinski definition) is 6. The van der Waals surface area contributed by atoms with Crippen molar-refractivity contribution in [1.29, 1.82) is 0 Å². The van der Waals surface area contributed by atoms with Gasteiger partial charge < -0.3 is 9.15 Å². The van der Waals surface area contributed by atoms with Crippen molar-refractivity contribution in [3.8, 4) is 5.75 Å². The lowest BCUT2D eigenvalue weighted by atomic mass is 10.2. The van der Waals surface area contributed by atoms with Crippen LogP contribution in [0.2, 0.25) is 0 Å². The quantitative estimate of drug-likeness (QED) is 0.466. The number of carbonyl (C=O) groups is 1. The molecule has 1 aromatic heterocycles. The van der Waals surface area contributed by atoms with Crippen LogP contribution in [0.3, 0.4) is 0 Å². The van der Waals surface area contributed by atoms with Crippen molar-refractivity contribution in [3.05, 3.63) is 47.7 Å². The van der Waals surface area contributed by atoms with E-state index in [0.717, 1.165) is 17.8 Å². The third-order valence-electron chi connectivity index (χ3n) is 2.69. The number of ether oxygens (including phenoxy) is 1. The fourth-order valence-corrected chi connectivity index (χ4v) is 2.05. The van der Waals surface area contributed by atoms with E-state index in [1.165, 1.54) is 6.07 Å². The Labute approximate surface area is 132 Å². The van der Waals surface area contributed by atoms with Gasteiger partial charge in [-0.2, -0.15) is 13.5 Å².